The third-order valence-corrected chi connectivity index (χ3v) is 5.03. The Bertz CT molecular complexity index is 1120. The summed E-state index contributed by atoms with van der Waals surface area (Å²) < 4.78 is 3.85. The molecule has 0 radical (unpaired) electrons. The van der Waals surface area contributed by atoms with Crippen molar-refractivity contribution in [2.75, 3.05) is 6.54 Å². The molecule has 8 heteroatoms. The van der Waals surface area contributed by atoms with Crippen LogP contribution in [0.2, 0.25) is 0 Å². The quantitative estimate of drug-likeness (QED) is 0.594. The number of carbonyl (C=O) groups excluding carboxylic acids is 1. The van der Waals surface area contributed by atoms with Gasteiger partial charge in [-0.3, -0.25) is 9.48 Å². The topological polar surface area (TPSA) is 84.6 Å². The highest BCUT2D eigenvalue weighted by atomic mass is 16.2. The molecule has 0 bridgehead atoms. The number of aromatic amines is 1. The van der Waals surface area contributed by atoms with Crippen LogP contribution >= 0.6 is 0 Å². The molecule has 0 saturated heterocycles. The summed E-state index contributed by atoms with van der Waals surface area (Å²) in [7, 11) is 1.88. The maximum atomic E-state index is 13.0. The zero-order chi connectivity index (χ0) is 18.5. The number of aryl methyl sites for hydroxylation is 1. The highest BCUT2D eigenvalue weighted by Crippen LogP contribution is 2.28. The van der Waals surface area contributed by atoms with Crippen molar-refractivity contribution < 1.29 is 4.79 Å². The molecule has 3 aromatic heterocycles. The average molecular weight is 361 g/mol. The number of fused-ring (bicyclic) bond motifs is 2. The average Bonchev–Trinajstić information content (AvgIpc) is 3.37. The number of aromatic nitrogens is 6. The first-order valence-electron chi connectivity index (χ1n) is 8.90. The van der Waals surface area contributed by atoms with E-state index in [9.17, 15) is 4.79 Å². The Morgan fingerprint density at radius 3 is 2.89 bits per heavy atom. The fraction of sp³-hybridized carbons (Fsp3) is 0.263. The maximum Gasteiger partial charge on any atom is 0.270 e. The number of nitrogens with zero attached hydrogens (tertiary/aromatic N) is 6. The largest absolute Gasteiger partial charge is 0.351 e. The molecule has 1 N–H and O–H groups in total. The summed E-state index contributed by atoms with van der Waals surface area (Å²) in [5.41, 5.74) is 2.50. The number of nitrogens with one attached hydrogen (secondary N) is 1. The van der Waals surface area contributed by atoms with E-state index in [4.69, 9.17) is 0 Å². The fourth-order valence-corrected chi connectivity index (χ4v) is 3.78. The van der Waals surface area contributed by atoms with Gasteiger partial charge in [-0.1, -0.05) is 18.2 Å². The molecular weight excluding hydrogens is 342 g/mol. The van der Waals surface area contributed by atoms with Gasteiger partial charge in [0, 0.05) is 30.7 Å². The Balaban J connectivity index is 1.46. The van der Waals surface area contributed by atoms with Gasteiger partial charge in [0.25, 0.3) is 5.91 Å². The number of carbonyl (C=O) groups is 1. The number of hydrogen-bond donors (Lipinski definition) is 1. The minimum Gasteiger partial charge on any atom is -0.351 e. The molecule has 0 fully saturated rings. The first-order chi connectivity index (χ1) is 13.1. The molecule has 8 nitrogen and oxygen atoms in total. The van der Waals surface area contributed by atoms with Crippen LogP contribution in [0.3, 0.4) is 0 Å². The molecule has 27 heavy (non-hydrogen) atoms. The van der Waals surface area contributed by atoms with E-state index < -0.39 is 0 Å². The SMILES string of the molecule is C[C@H]1CN(C(=O)c2cc3ccccc3[nH]2)Cc2nnc(-c3cnn(C)c3)n21. The number of benzene rings is 1. The third kappa shape index (κ3) is 2.52. The van der Waals surface area contributed by atoms with Crippen molar-refractivity contribution >= 4 is 16.8 Å². The second-order valence-electron chi connectivity index (χ2n) is 7.02. The Morgan fingerprint density at radius 1 is 1.26 bits per heavy atom. The van der Waals surface area contributed by atoms with E-state index >= 15 is 0 Å². The molecule has 0 spiro atoms. The molecule has 1 aliphatic heterocycles. The Hall–Kier alpha value is -3.42. The minimum atomic E-state index is -0.0183. The summed E-state index contributed by atoms with van der Waals surface area (Å²) in [5.74, 6) is 1.57. The van der Waals surface area contributed by atoms with Gasteiger partial charge in [0.2, 0.25) is 0 Å². The fourth-order valence-electron chi connectivity index (χ4n) is 3.78. The number of para-hydroxylation sites is 1. The first-order valence-corrected chi connectivity index (χ1v) is 8.90. The van der Waals surface area contributed by atoms with Crippen molar-refractivity contribution in [3.05, 3.63) is 54.2 Å². The number of amides is 1. The van der Waals surface area contributed by atoms with Crippen molar-refractivity contribution in [2.45, 2.75) is 19.5 Å². The predicted molar refractivity (Wildman–Crippen MR) is 100.0 cm³/mol. The van der Waals surface area contributed by atoms with Crippen LogP contribution in [0.5, 0.6) is 0 Å². The maximum absolute atomic E-state index is 13.0. The monoisotopic (exact) mass is 361 g/mol. The van der Waals surface area contributed by atoms with Gasteiger partial charge in [-0.05, 0) is 19.1 Å². The van der Waals surface area contributed by atoms with E-state index in [0.29, 0.717) is 18.8 Å². The minimum absolute atomic E-state index is 0.0183. The van der Waals surface area contributed by atoms with Gasteiger partial charge < -0.3 is 14.5 Å². The van der Waals surface area contributed by atoms with E-state index in [-0.39, 0.29) is 11.9 Å². The molecule has 0 saturated carbocycles. The summed E-state index contributed by atoms with van der Waals surface area (Å²) in [5, 5.41) is 13.9. The van der Waals surface area contributed by atoms with Crippen LogP contribution in [0, 0.1) is 0 Å². The van der Waals surface area contributed by atoms with Crippen LogP contribution in [-0.2, 0) is 13.6 Å². The lowest BCUT2D eigenvalue weighted by atomic mass is 10.2. The van der Waals surface area contributed by atoms with Crippen LogP contribution in [0.15, 0.2) is 42.7 Å². The molecule has 1 aromatic carbocycles. The standard InChI is InChI=1S/C19H19N7O/c1-12-9-25(19(27)16-7-13-5-3-4-6-15(13)21-16)11-17-22-23-18(26(12)17)14-8-20-24(2)10-14/h3-8,10,12,21H,9,11H2,1-2H3/t12-/m0/s1. The second kappa shape index (κ2) is 5.80. The summed E-state index contributed by atoms with van der Waals surface area (Å²) >= 11 is 0. The van der Waals surface area contributed by atoms with Crippen molar-refractivity contribution in [3.63, 3.8) is 0 Å². The number of hydrogen-bond acceptors (Lipinski definition) is 4. The summed E-state index contributed by atoms with van der Waals surface area (Å²) in [6.45, 7) is 3.12. The molecule has 0 unspecified atom stereocenters. The predicted octanol–water partition coefficient (Wildman–Crippen LogP) is 2.38. The molecule has 1 amide bonds. The Labute approximate surface area is 155 Å². The van der Waals surface area contributed by atoms with Crippen LogP contribution in [0.1, 0.15) is 29.3 Å². The summed E-state index contributed by atoms with van der Waals surface area (Å²) in [6.07, 6.45) is 3.71. The molecule has 1 aliphatic rings. The molecule has 0 aliphatic carbocycles. The molecule has 136 valence electrons. The second-order valence-corrected chi connectivity index (χ2v) is 7.02. The van der Waals surface area contributed by atoms with Crippen LogP contribution in [0.25, 0.3) is 22.3 Å². The van der Waals surface area contributed by atoms with E-state index in [2.05, 4.69) is 31.8 Å². The number of H-pyrrole nitrogens is 1. The van der Waals surface area contributed by atoms with Crippen molar-refractivity contribution in [3.8, 4) is 11.4 Å². The highest BCUT2D eigenvalue weighted by Gasteiger charge is 2.30. The lowest BCUT2D eigenvalue weighted by molar-refractivity contribution is 0.0677. The smallest absolute Gasteiger partial charge is 0.270 e. The molecule has 5 rings (SSSR count). The van der Waals surface area contributed by atoms with Crippen molar-refractivity contribution in [1.29, 1.82) is 0 Å². The van der Waals surface area contributed by atoms with Crippen LogP contribution < -0.4 is 0 Å². The van der Waals surface area contributed by atoms with Gasteiger partial charge in [0.05, 0.1) is 24.3 Å². The normalized spacial score (nSPS) is 16.7. The summed E-state index contributed by atoms with van der Waals surface area (Å²) in [6, 6.07) is 9.88. The van der Waals surface area contributed by atoms with Crippen LogP contribution in [0.4, 0.5) is 0 Å². The van der Waals surface area contributed by atoms with Gasteiger partial charge in [-0.15, -0.1) is 10.2 Å². The van der Waals surface area contributed by atoms with Crippen LogP contribution in [-0.4, -0.2) is 46.9 Å². The third-order valence-electron chi connectivity index (χ3n) is 5.03. The Morgan fingerprint density at radius 2 is 2.11 bits per heavy atom. The van der Waals surface area contributed by atoms with E-state index in [1.807, 2.05) is 48.5 Å². The van der Waals surface area contributed by atoms with Gasteiger partial charge >= 0.3 is 0 Å². The molecular formula is C19H19N7O. The van der Waals surface area contributed by atoms with Crippen molar-refractivity contribution in [2.24, 2.45) is 7.05 Å². The van der Waals surface area contributed by atoms with Gasteiger partial charge in [-0.25, -0.2) is 0 Å². The molecule has 4 aromatic rings. The summed E-state index contributed by atoms with van der Waals surface area (Å²) in [4.78, 5) is 18.1. The zero-order valence-corrected chi connectivity index (χ0v) is 15.1. The van der Waals surface area contributed by atoms with Gasteiger partial charge in [-0.2, -0.15) is 5.10 Å². The first kappa shape index (κ1) is 15.8. The zero-order valence-electron chi connectivity index (χ0n) is 15.1. The number of rotatable bonds is 2. The highest BCUT2D eigenvalue weighted by molar-refractivity contribution is 5.98. The van der Waals surface area contributed by atoms with Gasteiger partial charge in [0.1, 0.15) is 5.69 Å². The van der Waals surface area contributed by atoms with E-state index in [1.165, 1.54) is 0 Å². The van der Waals surface area contributed by atoms with Gasteiger partial charge in [0.15, 0.2) is 11.6 Å². The molecule has 4 heterocycles. The van der Waals surface area contributed by atoms with E-state index in [1.54, 1.807) is 10.9 Å². The van der Waals surface area contributed by atoms with Crippen molar-refractivity contribution in [1.82, 2.24) is 34.4 Å². The lowest BCUT2D eigenvalue weighted by Crippen LogP contribution is -2.40. The Kier molecular flexibility index (Phi) is 3.40. The lowest BCUT2D eigenvalue weighted by Gasteiger charge is -2.32. The molecule has 1 atom stereocenters. The van der Waals surface area contributed by atoms with E-state index in [0.717, 1.165) is 28.1 Å².